The summed E-state index contributed by atoms with van der Waals surface area (Å²) in [6, 6.07) is 14.5. The molecule has 0 bridgehead atoms. The Balaban J connectivity index is 1.66. The van der Waals surface area contributed by atoms with Crippen LogP contribution in [0.2, 0.25) is 0 Å². The Labute approximate surface area is 165 Å². The summed E-state index contributed by atoms with van der Waals surface area (Å²) in [5.74, 6) is -0.348. The third-order valence-corrected chi connectivity index (χ3v) is 4.45. The highest BCUT2D eigenvalue weighted by Crippen LogP contribution is 2.29. The molecule has 0 aliphatic rings. The highest BCUT2D eigenvalue weighted by atomic mass is 19.4. The molecule has 0 saturated carbocycles. The number of aromatic nitrogens is 1. The smallest absolute Gasteiger partial charge is 0.348 e. The molecular formula is C22H18F3N3O. The van der Waals surface area contributed by atoms with Gasteiger partial charge in [0.05, 0.1) is 18.1 Å². The summed E-state index contributed by atoms with van der Waals surface area (Å²) in [5, 5.41) is 12.4. The van der Waals surface area contributed by atoms with Gasteiger partial charge in [-0.1, -0.05) is 30.3 Å². The molecule has 0 aliphatic carbocycles. The molecule has 0 aliphatic heterocycles. The van der Waals surface area contributed by atoms with Crippen LogP contribution in [0.3, 0.4) is 0 Å². The first-order valence-electron chi connectivity index (χ1n) is 8.95. The zero-order valence-corrected chi connectivity index (χ0v) is 15.4. The minimum absolute atomic E-state index is 0.130. The van der Waals surface area contributed by atoms with E-state index < -0.39 is 11.7 Å². The summed E-state index contributed by atoms with van der Waals surface area (Å²) >= 11 is 0. The van der Waals surface area contributed by atoms with Gasteiger partial charge < -0.3 is 9.88 Å². The Morgan fingerprint density at radius 3 is 2.55 bits per heavy atom. The molecule has 0 radical (unpaired) electrons. The maximum Gasteiger partial charge on any atom is 0.416 e. The third-order valence-electron chi connectivity index (χ3n) is 4.45. The number of carbonyl (C=O) groups excluding carboxylic acids is 1. The Bertz CT molecular complexity index is 1070. The molecule has 0 saturated heterocycles. The van der Waals surface area contributed by atoms with Crippen molar-refractivity contribution in [2.45, 2.75) is 25.7 Å². The largest absolute Gasteiger partial charge is 0.416 e. The predicted molar refractivity (Wildman–Crippen MR) is 104 cm³/mol. The van der Waals surface area contributed by atoms with Gasteiger partial charge in [-0.2, -0.15) is 18.4 Å². The molecule has 0 unspecified atom stereocenters. The number of nitriles is 1. The number of hydrogen-bond acceptors (Lipinski definition) is 2. The monoisotopic (exact) mass is 397 g/mol. The lowest BCUT2D eigenvalue weighted by Gasteiger charge is -2.07. The number of halogens is 3. The van der Waals surface area contributed by atoms with Crippen molar-refractivity contribution in [1.82, 2.24) is 9.88 Å². The Morgan fingerprint density at radius 1 is 1.14 bits per heavy atom. The molecule has 7 heteroatoms. The van der Waals surface area contributed by atoms with Crippen LogP contribution in [0.25, 0.3) is 17.0 Å². The van der Waals surface area contributed by atoms with E-state index in [-0.39, 0.29) is 12.5 Å². The van der Waals surface area contributed by atoms with Crippen molar-refractivity contribution in [1.29, 1.82) is 5.26 Å². The van der Waals surface area contributed by atoms with E-state index in [4.69, 9.17) is 5.26 Å². The van der Waals surface area contributed by atoms with Crippen LogP contribution in [0.1, 0.15) is 23.1 Å². The van der Waals surface area contributed by atoms with Gasteiger partial charge in [0.15, 0.2) is 0 Å². The maximum atomic E-state index is 12.6. The van der Waals surface area contributed by atoms with Gasteiger partial charge in [-0.15, -0.1) is 0 Å². The zero-order valence-electron chi connectivity index (χ0n) is 15.4. The predicted octanol–water partition coefficient (Wildman–Crippen LogP) is 4.90. The molecule has 4 nitrogen and oxygen atoms in total. The van der Waals surface area contributed by atoms with E-state index >= 15 is 0 Å². The average Bonchev–Trinajstić information content (AvgIpc) is 3.06. The van der Waals surface area contributed by atoms with E-state index in [0.717, 1.165) is 28.6 Å². The van der Waals surface area contributed by atoms with Crippen molar-refractivity contribution in [3.8, 4) is 6.07 Å². The van der Waals surface area contributed by atoms with Crippen molar-refractivity contribution in [2.24, 2.45) is 0 Å². The van der Waals surface area contributed by atoms with E-state index in [2.05, 4.69) is 11.4 Å². The van der Waals surface area contributed by atoms with Crippen LogP contribution < -0.4 is 5.32 Å². The first-order chi connectivity index (χ1) is 13.9. The molecule has 3 aromatic rings. The second kappa shape index (κ2) is 8.65. The van der Waals surface area contributed by atoms with E-state index in [1.807, 2.05) is 35.0 Å². The number of nitrogens with zero attached hydrogens (tertiary/aromatic N) is 2. The summed E-state index contributed by atoms with van der Waals surface area (Å²) in [4.78, 5) is 12.1. The lowest BCUT2D eigenvalue weighted by atomic mass is 10.1. The number of benzene rings is 2. The number of para-hydroxylation sites is 1. The fourth-order valence-electron chi connectivity index (χ4n) is 2.99. The van der Waals surface area contributed by atoms with Crippen LogP contribution >= 0.6 is 0 Å². The molecule has 2 aromatic carbocycles. The van der Waals surface area contributed by atoms with Gasteiger partial charge in [0.2, 0.25) is 5.91 Å². The van der Waals surface area contributed by atoms with Crippen molar-refractivity contribution < 1.29 is 18.0 Å². The average molecular weight is 397 g/mol. The van der Waals surface area contributed by atoms with Crippen LogP contribution in [0.4, 0.5) is 13.2 Å². The first kappa shape index (κ1) is 20.2. The molecule has 29 heavy (non-hydrogen) atoms. The molecule has 0 fully saturated rings. The van der Waals surface area contributed by atoms with E-state index in [1.54, 1.807) is 6.08 Å². The highest BCUT2D eigenvalue weighted by Gasteiger charge is 2.29. The molecule has 148 valence electrons. The molecule has 1 heterocycles. The second-order valence-corrected chi connectivity index (χ2v) is 6.45. The molecule has 1 N–H and O–H groups in total. The van der Waals surface area contributed by atoms with Gasteiger partial charge in [-0.25, -0.2) is 0 Å². The Kier molecular flexibility index (Phi) is 6.03. The van der Waals surface area contributed by atoms with Crippen LogP contribution in [-0.4, -0.2) is 10.5 Å². The van der Waals surface area contributed by atoms with Crippen molar-refractivity contribution >= 4 is 22.9 Å². The summed E-state index contributed by atoms with van der Waals surface area (Å²) in [6.45, 7) is 0.691. The van der Waals surface area contributed by atoms with Crippen LogP contribution in [0.5, 0.6) is 0 Å². The Morgan fingerprint density at radius 2 is 1.86 bits per heavy atom. The van der Waals surface area contributed by atoms with Crippen molar-refractivity contribution in [2.75, 3.05) is 0 Å². The summed E-state index contributed by atoms with van der Waals surface area (Å²) in [7, 11) is 0. The van der Waals surface area contributed by atoms with Gasteiger partial charge in [-0.3, -0.25) is 4.79 Å². The first-order valence-corrected chi connectivity index (χ1v) is 8.95. The normalized spacial score (nSPS) is 11.7. The van der Waals surface area contributed by atoms with E-state index in [9.17, 15) is 18.0 Å². The van der Waals surface area contributed by atoms with Crippen molar-refractivity contribution in [3.05, 3.63) is 77.5 Å². The van der Waals surface area contributed by atoms with Gasteiger partial charge in [0.1, 0.15) is 0 Å². The minimum atomic E-state index is -4.38. The van der Waals surface area contributed by atoms with Gasteiger partial charge in [0, 0.05) is 41.8 Å². The summed E-state index contributed by atoms with van der Waals surface area (Å²) in [6.07, 6.45) is 0.974. The number of nitrogens with one attached hydrogen (secondary N) is 1. The number of hydrogen-bond donors (Lipinski definition) is 1. The summed E-state index contributed by atoms with van der Waals surface area (Å²) in [5.41, 5.74) is 1.68. The van der Waals surface area contributed by atoms with E-state index in [0.29, 0.717) is 18.5 Å². The van der Waals surface area contributed by atoms with Crippen LogP contribution in [0, 0.1) is 11.3 Å². The zero-order chi connectivity index (χ0) is 20.9. The van der Waals surface area contributed by atoms with E-state index in [1.165, 1.54) is 18.2 Å². The number of aryl methyl sites for hydroxylation is 1. The van der Waals surface area contributed by atoms with Gasteiger partial charge in [-0.05, 0) is 29.8 Å². The Hall–Kier alpha value is -3.53. The number of alkyl halides is 3. The fraction of sp³-hybridized carbons (Fsp3) is 0.182. The number of amides is 1. The molecule has 1 aromatic heterocycles. The number of rotatable bonds is 6. The minimum Gasteiger partial charge on any atom is -0.348 e. The standard InChI is InChI=1S/C22H18F3N3O/c23-22(24,25)18-9-6-16(7-10-18)14-27-21(29)11-8-17-15-28(13-3-12-26)20-5-2-1-4-19(17)20/h1-2,4-11,15H,3,13-14H2,(H,27,29). The number of carbonyl (C=O) groups is 1. The fourth-order valence-corrected chi connectivity index (χ4v) is 2.99. The van der Waals surface area contributed by atoms with Crippen molar-refractivity contribution in [3.63, 3.8) is 0 Å². The SMILES string of the molecule is N#CCCn1cc(C=CC(=O)NCc2ccc(C(F)(F)F)cc2)c2ccccc21. The maximum absolute atomic E-state index is 12.6. The van der Waals surface area contributed by atoms with Gasteiger partial charge in [0.25, 0.3) is 0 Å². The molecule has 1 amide bonds. The third kappa shape index (κ3) is 5.05. The highest BCUT2D eigenvalue weighted by molar-refractivity contribution is 5.96. The quantitative estimate of drug-likeness (QED) is 0.601. The molecule has 0 spiro atoms. The van der Waals surface area contributed by atoms with Crippen LogP contribution in [-0.2, 0) is 24.1 Å². The van der Waals surface area contributed by atoms with Gasteiger partial charge >= 0.3 is 6.18 Å². The molecular weight excluding hydrogens is 379 g/mol. The molecule has 0 atom stereocenters. The lowest BCUT2D eigenvalue weighted by Crippen LogP contribution is -2.20. The van der Waals surface area contributed by atoms with Crippen LogP contribution in [0.15, 0.2) is 60.8 Å². The summed E-state index contributed by atoms with van der Waals surface area (Å²) < 4.78 is 39.7. The number of fused-ring (bicyclic) bond motifs is 1. The molecule has 3 rings (SSSR count). The topological polar surface area (TPSA) is 57.8 Å². The lowest BCUT2D eigenvalue weighted by molar-refractivity contribution is -0.137. The second-order valence-electron chi connectivity index (χ2n) is 6.45.